The van der Waals surface area contributed by atoms with Crippen LogP contribution in [0.3, 0.4) is 0 Å². The molecule has 0 bridgehead atoms. The summed E-state index contributed by atoms with van der Waals surface area (Å²) >= 11 is 12.5. The summed E-state index contributed by atoms with van der Waals surface area (Å²) < 4.78 is 30.5. The van der Waals surface area contributed by atoms with E-state index in [-0.39, 0.29) is 22.0 Å². The summed E-state index contributed by atoms with van der Waals surface area (Å²) in [6.07, 6.45) is 2.61. The monoisotopic (exact) mass is 518 g/mol. The van der Waals surface area contributed by atoms with Crippen molar-refractivity contribution >= 4 is 55.3 Å². The van der Waals surface area contributed by atoms with Crippen molar-refractivity contribution < 1.29 is 17.5 Å². The minimum absolute atomic E-state index is 0.0104. The van der Waals surface area contributed by atoms with Gasteiger partial charge in [-0.15, -0.1) is 23.2 Å². The number of imidazole rings is 1. The zero-order valence-electron chi connectivity index (χ0n) is 16.9. The van der Waals surface area contributed by atoms with Gasteiger partial charge in [0, 0.05) is 30.5 Å². The Morgan fingerprint density at radius 3 is 2.41 bits per heavy atom. The molecule has 0 fully saturated rings. The molecule has 3 rings (SSSR count). The van der Waals surface area contributed by atoms with Crippen LogP contribution in [0.5, 0.6) is 5.75 Å². The number of thiophene rings is 1. The summed E-state index contributed by atoms with van der Waals surface area (Å²) in [5.41, 5.74) is 0.940. The minimum atomic E-state index is -4.46. The van der Waals surface area contributed by atoms with Gasteiger partial charge in [0.15, 0.2) is 4.75 Å². The average Bonchev–Trinajstić information content (AvgIpc) is 3.46. The first kappa shape index (κ1) is 24.3. The van der Waals surface area contributed by atoms with E-state index < -0.39 is 19.8 Å². The number of nitro groups is 1. The number of benzene rings is 1. The number of halogens is 2. The van der Waals surface area contributed by atoms with E-state index in [4.69, 9.17) is 27.4 Å². The minimum Gasteiger partial charge on any atom is -0.382 e. The predicted molar refractivity (Wildman–Crippen MR) is 126 cm³/mol. The largest absolute Gasteiger partial charge is 0.382 e. The van der Waals surface area contributed by atoms with E-state index in [9.17, 15) is 18.5 Å². The van der Waals surface area contributed by atoms with E-state index in [1.165, 1.54) is 43.0 Å². The van der Waals surface area contributed by atoms with Crippen LogP contribution < -0.4 is 9.08 Å². The van der Waals surface area contributed by atoms with Crippen LogP contribution in [-0.2, 0) is 14.9 Å². The highest BCUT2D eigenvalue weighted by Crippen LogP contribution is 2.44. The van der Waals surface area contributed by atoms with Gasteiger partial charge >= 0.3 is 15.1 Å². The van der Waals surface area contributed by atoms with Gasteiger partial charge in [-0.05, 0) is 42.6 Å². The van der Waals surface area contributed by atoms with E-state index in [2.05, 4.69) is 9.97 Å². The van der Waals surface area contributed by atoms with Crippen molar-refractivity contribution in [3.8, 4) is 5.75 Å². The quantitative estimate of drug-likeness (QED) is 0.173. The highest BCUT2D eigenvalue weighted by molar-refractivity contribution is 7.88. The normalized spacial score (nSPS) is 13.5. The van der Waals surface area contributed by atoms with E-state index in [1.807, 2.05) is 4.90 Å². The van der Waals surface area contributed by atoms with Crippen LogP contribution in [0.2, 0.25) is 0 Å². The Morgan fingerprint density at radius 1 is 1.22 bits per heavy atom. The molecule has 0 aliphatic rings. The molecule has 0 radical (unpaired) electrons. The first-order valence-corrected chi connectivity index (χ1v) is 12.7. The number of aromatic nitrogens is 2. The molecule has 1 unspecified atom stereocenters. The van der Waals surface area contributed by atoms with Crippen LogP contribution >= 0.6 is 34.5 Å². The number of rotatable bonds is 11. The fourth-order valence-electron chi connectivity index (χ4n) is 3.23. The van der Waals surface area contributed by atoms with Crippen molar-refractivity contribution in [2.45, 2.75) is 11.7 Å². The molecule has 9 nitrogen and oxygen atoms in total. The van der Waals surface area contributed by atoms with Crippen LogP contribution in [0.25, 0.3) is 0 Å². The molecular weight excluding hydrogens is 499 g/mol. The lowest BCUT2D eigenvalue weighted by Crippen LogP contribution is -2.37. The Bertz CT molecular complexity index is 1150. The smallest absolute Gasteiger partial charge is 0.329 e. The number of aromatic amines is 1. The standard InChI is InChI=1S/C19H20Cl2N4O5S2/c1-19(17-12-22-13-23-17,16-6-11-31-18(16)25(26)27)32(28,29)30-15-4-2-14(3-5-15)24(9-7-20)10-8-21/h2-6,11-13H,7-10H2,1H3,(H,22,23). The second kappa shape index (κ2) is 10.1. The van der Waals surface area contributed by atoms with Crippen LogP contribution in [0.4, 0.5) is 10.7 Å². The molecule has 32 heavy (non-hydrogen) atoms. The lowest BCUT2D eigenvalue weighted by Gasteiger charge is -2.27. The van der Waals surface area contributed by atoms with E-state index in [0.717, 1.165) is 17.0 Å². The molecule has 1 N–H and O–H groups in total. The number of H-pyrrole nitrogens is 1. The molecule has 0 amide bonds. The Morgan fingerprint density at radius 2 is 1.88 bits per heavy atom. The van der Waals surface area contributed by atoms with Crippen LogP contribution in [-0.4, -0.2) is 48.2 Å². The lowest BCUT2D eigenvalue weighted by atomic mass is 9.99. The Kier molecular flexibility index (Phi) is 7.65. The maximum absolute atomic E-state index is 13.5. The zero-order chi connectivity index (χ0) is 23.4. The number of anilines is 1. The summed E-state index contributed by atoms with van der Waals surface area (Å²) in [5.74, 6) is 0.880. The third-order valence-corrected chi connectivity index (χ3v) is 8.01. The second-order valence-electron chi connectivity index (χ2n) is 6.79. The third-order valence-electron chi connectivity index (χ3n) is 4.95. The van der Waals surface area contributed by atoms with Gasteiger partial charge in [-0.2, -0.15) is 8.42 Å². The van der Waals surface area contributed by atoms with Crippen molar-refractivity contribution in [3.05, 3.63) is 69.6 Å². The molecule has 0 saturated heterocycles. The molecule has 13 heteroatoms. The topological polar surface area (TPSA) is 118 Å². The van der Waals surface area contributed by atoms with Gasteiger partial charge < -0.3 is 14.1 Å². The Labute approximate surface area is 199 Å². The molecule has 2 aromatic heterocycles. The summed E-state index contributed by atoms with van der Waals surface area (Å²) in [7, 11) is -4.46. The Balaban J connectivity index is 1.98. The van der Waals surface area contributed by atoms with Crippen LogP contribution in [0.1, 0.15) is 18.2 Å². The molecule has 3 aromatic rings. The maximum atomic E-state index is 13.5. The number of nitrogens with zero attached hydrogens (tertiary/aromatic N) is 3. The van der Waals surface area contributed by atoms with Gasteiger partial charge in [0.2, 0.25) is 0 Å². The first-order chi connectivity index (χ1) is 15.2. The summed E-state index contributed by atoms with van der Waals surface area (Å²) in [6, 6.07) is 7.83. The molecule has 0 saturated carbocycles. The van der Waals surface area contributed by atoms with Gasteiger partial charge in [-0.1, -0.05) is 11.3 Å². The fourth-order valence-corrected chi connectivity index (χ4v) is 5.87. The van der Waals surface area contributed by atoms with Crippen LogP contribution in [0, 0.1) is 10.1 Å². The number of alkyl halides is 2. The van der Waals surface area contributed by atoms with Gasteiger partial charge in [0.1, 0.15) is 5.75 Å². The van der Waals surface area contributed by atoms with Gasteiger partial charge in [-0.3, -0.25) is 10.1 Å². The lowest BCUT2D eigenvalue weighted by molar-refractivity contribution is -0.381. The van der Waals surface area contributed by atoms with E-state index >= 15 is 0 Å². The van der Waals surface area contributed by atoms with Gasteiger partial charge in [0.05, 0.1) is 28.7 Å². The molecule has 2 heterocycles. The average molecular weight is 519 g/mol. The van der Waals surface area contributed by atoms with E-state index in [1.54, 1.807) is 12.1 Å². The number of hydrogen-bond donors (Lipinski definition) is 1. The Hall–Kier alpha value is -2.34. The van der Waals surface area contributed by atoms with E-state index in [0.29, 0.717) is 24.8 Å². The zero-order valence-corrected chi connectivity index (χ0v) is 20.0. The highest BCUT2D eigenvalue weighted by Gasteiger charge is 2.50. The summed E-state index contributed by atoms with van der Waals surface area (Å²) in [4.78, 5) is 19.5. The van der Waals surface area contributed by atoms with Crippen molar-refractivity contribution in [2.75, 3.05) is 29.7 Å². The number of hydrogen-bond acceptors (Lipinski definition) is 8. The SMILES string of the molecule is CC(c1cnc[nH]1)(c1ccsc1[N+](=O)[O-])S(=O)(=O)Oc1ccc(N(CCCl)CCCl)cc1. The van der Waals surface area contributed by atoms with Gasteiger partial charge in [0.25, 0.3) is 0 Å². The summed E-state index contributed by atoms with van der Waals surface area (Å²) in [5, 5.41) is 12.7. The van der Waals surface area contributed by atoms with Gasteiger partial charge in [-0.25, -0.2) is 4.98 Å². The molecular formula is C19H20Cl2N4O5S2. The molecule has 0 aliphatic heterocycles. The van der Waals surface area contributed by atoms with Crippen molar-refractivity contribution in [1.82, 2.24) is 9.97 Å². The second-order valence-corrected chi connectivity index (χ2v) is 10.3. The van der Waals surface area contributed by atoms with Crippen molar-refractivity contribution in [3.63, 3.8) is 0 Å². The maximum Gasteiger partial charge on any atom is 0.329 e. The number of nitrogens with one attached hydrogen (secondary N) is 1. The summed E-state index contributed by atoms with van der Waals surface area (Å²) in [6.45, 7) is 2.50. The highest BCUT2D eigenvalue weighted by atomic mass is 35.5. The first-order valence-electron chi connectivity index (χ1n) is 9.36. The predicted octanol–water partition coefficient (Wildman–Crippen LogP) is 4.34. The fraction of sp³-hybridized carbons (Fsp3) is 0.316. The molecule has 0 spiro atoms. The molecule has 1 aromatic carbocycles. The molecule has 1 atom stereocenters. The van der Waals surface area contributed by atoms with Crippen LogP contribution in [0.15, 0.2) is 48.2 Å². The third kappa shape index (κ3) is 4.70. The van der Waals surface area contributed by atoms with Crippen molar-refractivity contribution in [2.24, 2.45) is 0 Å². The molecule has 172 valence electrons. The van der Waals surface area contributed by atoms with Crippen molar-refractivity contribution in [1.29, 1.82) is 0 Å². The molecule has 0 aliphatic carbocycles.